The van der Waals surface area contributed by atoms with E-state index in [-0.39, 0.29) is 38.5 Å². The van der Waals surface area contributed by atoms with Crippen LogP contribution < -0.4 is 15.5 Å². The summed E-state index contributed by atoms with van der Waals surface area (Å²) in [6.45, 7) is -0.785. The van der Waals surface area contributed by atoms with E-state index in [9.17, 15) is 37.5 Å². The van der Waals surface area contributed by atoms with Gasteiger partial charge in [-0.1, -0.05) is 30.3 Å². The van der Waals surface area contributed by atoms with Crippen LogP contribution in [0.25, 0.3) is 0 Å². The van der Waals surface area contributed by atoms with Crippen molar-refractivity contribution in [1.82, 2.24) is 29.1 Å². The summed E-state index contributed by atoms with van der Waals surface area (Å²) in [5, 5.41) is 11.6. The van der Waals surface area contributed by atoms with E-state index < -0.39 is 51.5 Å². The Kier molecular flexibility index (Phi) is 7.01. The van der Waals surface area contributed by atoms with Crippen LogP contribution in [-0.4, -0.2) is 82.4 Å². The summed E-state index contributed by atoms with van der Waals surface area (Å²) in [7, 11) is -4.65. The highest BCUT2D eigenvalue weighted by Gasteiger charge is 2.45. The topological polar surface area (TPSA) is 199 Å². The Bertz CT molecular complexity index is 1390. The van der Waals surface area contributed by atoms with Gasteiger partial charge in [-0.15, -0.1) is 0 Å². The van der Waals surface area contributed by atoms with E-state index in [2.05, 4.69) is 10.3 Å². The molecule has 3 heterocycles. The number of H-pyrrole nitrogens is 1. The van der Waals surface area contributed by atoms with E-state index in [4.69, 9.17) is 4.74 Å². The van der Waals surface area contributed by atoms with Crippen molar-refractivity contribution in [3.63, 3.8) is 0 Å². The van der Waals surface area contributed by atoms with Crippen LogP contribution in [0.2, 0.25) is 0 Å². The van der Waals surface area contributed by atoms with Gasteiger partial charge in [0.2, 0.25) is 5.43 Å². The molecule has 0 spiro atoms. The number of benzene rings is 1. The summed E-state index contributed by atoms with van der Waals surface area (Å²) in [5.74, 6) is -1.36. The summed E-state index contributed by atoms with van der Waals surface area (Å²) < 4.78 is 32.3. The molecule has 1 aromatic carbocycles. The number of carbonyl (C=O) groups is 4. The number of rotatable bonds is 7. The Morgan fingerprint density at radius 1 is 1.14 bits per heavy atom. The Balaban J connectivity index is 1.26. The molecule has 0 saturated carbocycles. The number of nitrogens with one attached hydrogen (secondary N) is 3. The molecule has 15 nitrogen and oxygen atoms in total. The number of aromatic amines is 1. The number of amides is 6. The smallest absolute Gasteiger partial charge is 0.408 e. The molecule has 0 unspecified atom stereocenters. The second-order valence-electron chi connectivity index (χ2n) is 8.10. The maximum Gasteiger partial charge on any atom is 0.408 e. The van der Waals surface area contributed by atoms with Gasteiger partial charge in [0.25, 0.3) is 5.91 Å². The quantitative estimate of drug-likeness (QED) is 0.335. The second kappa shape index (κ2) is 10.2. The van der Waals surface area contributed by atoms with Crippen LogP contribution in [0.1, 0.15) is 11.3 Å². The predicted molar refractivity (Wildman–Crippen MR) is 124 cm³/mol. The van der Waals surface area contributed by atoms with Crippen molar-refractivity contribution < 1.29 is 37.4 Å². The first-order chi connectivity index (χ1) is 17.5. The van der Waals surface area contributed by atoms with Gasteiger partial charge in [-0.25, -0.2) is 23.4 Å². The summed E-state index contributed by atoms with van der Waals surface area (Å²) >= 11 is 0. The van der Waals surface area contributed by atoms with E-state index >= 15 is 0 Å². The van der Waals surface area contributed by atoms with Crippen molar-refractivity contribution in [3.05, 3.63) is 64.1 Å². The number of hydrogen-bond acceptors (Lipinski definition) is 9. The van der Waals surface area contributed by atoms with Crippen molar-refractivity contribution in [3.8, 4) is 5.75 Å². The van der Waals surface area contributed by atoms with E-state index in [1.54, 1.807) is 35.1 Å². The minimum atomic E-state index is -4.65. The van der Waals surface area contributed by atoms with Crippen molar-refractivity contribution in [2.75, 3.05) is 19.6 Å². The third kappa shape index (κ3) is 5.64. The van der Waals surface area contributed by atoms with Crippen LogP contribution in [0.3, 0.4) is 0 Å². The molecule has 0 bridgehead atoms. The molecular formula is C21H22N6O9S. The fourth-order valence-electron chi connectivity index (χ4n) is 3.58. The monoisotopic (exact) mass is 534 g/mol. The zero-order chi connectivity index (χ0) is 26.7. The highest BCUT2D eigenvalue weighted by Crippen LogP contribution is 2.17. The molecule has 1 aromatic heterocycles. The molecule has 0 aliphatic carbocycles. The summed E-state index contributed by atoms with van der Waals surface area (Å²) in [6, 6.07) is 6.57. The molecule has 37 heavy (non-hydrogen) atoms. The lowest BCUT2D eigenvalue weighted by Gasteiger charge is -2.36. The Morgan fingerprint density at radius 2 is 1.86 bits per heavy atom. The average molecular weight is 535 g/mol. The van der Waals surface area contributed by atoms with Crippen molar-refractivity contribution >= 4 is 34.3 Å². The molecule has 16 heteroatoms. The first-order valence-electron chi connectivity index (χ1n) is 10.9. The average Bonchev–Trinajstić information content (AvgIpc) is 3.23. The maximum atomic E-state index is 12.6. The highest BCUT2D eigenvalue weighted by molar-refractivity contribution is 7.88. The molecule has 1 atom stereocenters. The van der Waals surface area contributed by atoms with Crippen molar-refractivity contribution in [2.24, 2.45) is 0 Å². The number of alkyl carbamates (subject to hydrolysis) is 1. The van der Waals surface area contributed by atoms with E-state index in [0.717, 1.165) is 22.7 Å². The van der Waals surface area contributed by atoms with Gasteiger partial charge in [-0.2, -0.15) is 8.42 Å². The number of hydrogen-bond donors (Lipinski definition) is 4. The van der Waals surface area contributed by atoms with Crippen LogP contribution in [0.5, 0.6) is 5.75 Å². The number of nitrogens with zero attached hydrogens (tertiary/aromatic N) is 3. The third-order valence-corrected chi connectivity index (χ3v) is 6.91. The number of imide groups is 1. The Hall–Kier alpha value is -4.60. The molecular weight excluding hydrogens is 512 g/mol. The predicted octanol–water partition coefficient (Wildman–Crippen LogP) is -0.590. The molecule has 196 valence electrons. The molecule has 2 fully saturated rings. The van der Waals surface area contributed by atoms with Gasteiger partial charge < -0.3 is 25.0 Å². The first kappa shape index (κ1) is 25.5. The number of aromatic nitrogens is 1. The number of aromatic hydroxyl groups is 1. The maximum absolute atomic E-state index is 12.6. The van der Waals surface area contributed by atoms with Gasteiger partial charge >= 0.3 is 28.4 Å². The number of ether oxygens (including phenoxy) is 1. The van der Waals surface area contributed by atoms with Gasteiger partial charge in [0.05, 0.1) is 19.6 Å². The standard InChI is InChI=1S/C21H22N6O9S/c28-16-8-14(22-9-17(16)29)10-25-6-7-27(21(25)33)37(34,35)24-19(31)26-11-15(18(26)30)23-20(32)36-12-13-4-2-1-3-5-13/h1-5,8-9,15,29H,6-7,10-12H2,(H,22,28)(H,23,32)(H,24,31)/t15-/m0/s1. The SMILES string of the molecule is O=C(N[C@H]1CN(C(=O)NS(=O)(=O)N2CCN(Cc3cc(=O)c(O)c[nH]3)C2=O)C1=O)OCc1ccccc1. The fourth-order valence-corrected chi connectivity index (χ4v) is 4.66. The normalized spacial score (nSPS) is 17.4. The highest BCUT2D eigenvalue weighted by atomic mass is 32.2. The minimum Gasteiger partial charge on any atom is -0.503 e. The van der Waals surface area contributed by atoms with Crippen molar-refractivity contribution in [2.45, 2.75) is 19.2 Å². The van der Waals surface area contributed by atoms with Gasteiger partial charge in [-0.05, 0) is 5.56 Å². The number of carbonyl (C=O) groups excluding carboxylic acids is 4. The zero-order valence-electron chi connectivity index (χ0n) is 19.1. The first-order valence-corrected chi connectivity index (χ1v) is 12.3. The third-order valence-electron chi connectivity index (χ3n) is 5.56. The lowest BCUT2D eigenvalue weighted by molar-refractivity contribution is -0.139. The molecule has 2 aliphatic heterocycles. The summed E-state index contributed by atoms with van der Waals surface area (Å²) in [4.78, 5) is 64.9. The molecule has 6 amide bonds. The zero-order valence-corrected chi connectivity index (χ0v) is 19.9. The van der Waals surface area contributed by atoms with Crippen LogP contribution in [0, 0.1) is 0 Å². The van der Waals surface area contributed by atoms with Crippen LogP contribution in [0.15, 0.2) is 47.4 Å². The molecule has 2 saturated heterocycles. The lowest BCUT2D eigenvalue weighted by Crippen LogP contribution is -2.67. The Labute approximate surface area is 209 Å². The van der Waals surface area contributed by atoms with E-state index in [1.807, 2.05) is 0 Å². The number of urea groups is 2. The van der Waals surface area contributed by atoms with Gasteiger partial charge in [0.15, 0.2) is 5.75 Å². The lowest BCUT2D eigenvalue weighted by atomic mass is 10.1. The summed E-state index contributed by atoms with van der Waals surface area (Å²) in [6.07, 6.45) is 0.162. The number of β-lactam (4-membered cyclic amide) rings is 1. The Morgan fingerprint density at radius 3 is 2.54 bits per heavy atom. The van der Waals surface area contributed by atoms with Crippen LogP contribution >= 0.6 is 0 Å². The largest absolute Gasteiger partial charge is 0.503 e. The number of likely N-dealkylation sites (tertiary alicyclic amines) is 1. The molecule has 0 radical (unpaired) electrons. The number of pyridine rings is 1. The van der Waals surface area contributed by atoms with Crippen LogP contribution in [-0.2, 0) is 32.9 Å². The molecule has 2 aromatic rings. The molecule has 4 N–H and O–H groups in total. The van der Waals surface area contributed by atoms with E-state index in [0.29, 0.717) is 9.21 Å². The van der Waals surface area contributed by atoms with Crippen molar-refractivity contribution in [1.29, 1.82) is 0 Å². The molecule has 2 aliphatic rings. The van der Waals surface area contributed by atoms with Crippen LogP contribution in [0.4, 0.5) is 14.4 Å². The summed E-state index contributed by atoms with van der Waals surface area (Å²) in [5.41, 5.74) is 0.315. The van der Waals surface area contributed by atoms with Gasteiger partial charge in [0, 0.05) is 24.5 Å². The minimum absolute atomic E-state index is 0.0280. The fraction of sp³-hybridized carbons (Fsp3) is 0.286. The van der Waals surface area contributed by atoms with Gasteiger partial charge in [-0.3, -0.25) is 14.5 Å². The second-order valence-corrected chi connectivity index (χ2v) is 9.70. The van der Waals surface area contributed by atoms with E-state index in [1.165, 1.54) is 0 Å². The molecule has 4 rings (SSSR count). The van der Waals surface area contributed by atoms with Gasteiger partial charge in [0.1, 0.15) is 12.6 Å².